The van der Waals surface area contributed by atoms with Gasteiger partial charge in [0.1, 0.15) is 0 Å². The first-order valence-electron chi connectivity index (χ1n) is 8.32. The Bertz CT molecular complexity index is 863. The van der Waals surface area contributed by atoms with Gasteiger partial charge < -0.3 is 5.11 Å². The van der Waals surface area contributed by atoms with Gasteiger partial charge in [-0.3, -0.25) is 9.10 Å². The van der Waals surface area contributed by atoms with Crippen molar-refractivity contribution < 1.29 is 18.3 Å². The molecule has 2 rings (SSSR count). The molecule has 0 aliphatic carbocycles. The Labute approximate surface area is 159 Å². The highest BCUT2D eigenvalue weighted by Gasteiger charge is 2.27. The number of anilines is 1. The summed E-state index contributed by atoms with van der Waals surface area (Å²) in [4.78, 5) is 11.0. The molecule has 140 valence electrons. The van der Waals surface area contributed by atoms with Crippen LogP contribution >= 0.6 is 11.6 Å². The van der Waals surface area contributed by atoms with E-state index in [2.05, 4.69) is 0 Å². The van der Waals surface area contributed by atoms with E-state index in [1.165, 1.54) is 28.6 Å². The summed E-state index contributed by atoms with van der Waals surface area (Å²) in [5.41, 5.74) is 1.46. The quantitative estimate of drug-likeness (QED) is 0.712. The van der Waals surface area contributed by atoms with Crippen molar-refractivity contribution in [2.45, 2.75) is 37.5 Å². The number of sulfonamides is 1. The minimum atomic E-state index is -3.84. The minimum absolute atomic E-state index is 0.0843. The van der Waals surface area contributed by atoms with Crippen LogP contribution in [0.2, 0.25) is 5.02 Å². The third kappa shape index (κ3) is 4.77. The van der Waals surface area contributed by atoms with Gasteiger partial charge in [0.15, 0.2) is 0 Å². The van der Waals surface area contributed by atoms with Gasteiger partial charge in [-0.15, -0.1) is 0 Å². The Balaban J connectivity index is 2.50. The molecule has 5 nitrogen and oxygen atoms in total. The first-order chi connectivity index (χ1) is 12.2. The molecule has 0 aromatic heterocycles. The second-order valence-corrected chi connectivity index (χ2v) is 8.54. The van der Waals surface area contributed by atoms with Crippen LogP contribution in [0.4, 0.5) is 5.69 Å². The highest BCUT2D eigenvalue weighted by molar-refractivity contribution is 7.92. The number of aliphatic carboxylic acids is 1. The summed E-state index contributed by atoms with van der Waals surface area (Å²) in [7, 11) is -3.84. The van der Waals surface area contributed by atoms with E-state index >= 15 is 0 Å². The summed E-state index contributed by atoms with van der Waals surface area (Å²) < 4.78 is 27.8. The number of hydrogen-bond donors (Lipinski definition) is 1. The molecule has 0 unspecified atom stereocenters. The van der Waals surface area contributed by atoms with Crippen LogP contribution in [-0.4, -0.2) is 26.0 Å². The summed E-state index contributed by atoms with van der Waals surface area (Å²) in [6.45, 7) is 4.06. The van der Waals surface area contributed by atoms with E-state index in [1.54, 1.807) is 12.1 Å². The lowest BCUT2D eigenvalue weighted by Crippen LogP contribution is -2.33. The number of hydrogen-bond acceptors (Lipinski definition) is 3. The number of carbonyl (C=O) groups is 1. The number of nitrogens with zero attached hydrogens (tertiary/aromatic N) is 1. The summed E-state index contributed by atoms with van der Waals surface area (Å²) in [6, 6.07) is 13.3. The predicted molar refractivity (Wildman–Crippen MR) is 103 cm³/mol. The smallest absolute Gasteiger partial charge is 0.303 e. The number of halogens is 1. The summed E-state index contributed by atoms with van der Waals surface area (Å²) in [5, 5.41) is 9.36. The minimum Gasteiger partial charge on any atom is -0.481 e. The zero-order valence-electron chi connectivity index (χ0n) is 14.7. The largest absolute Gasteiger partial charge is 0.481 e. The molecule has 0 spiro atoms. The summed E-state index contributed by atoms with van der Waals surface area (Å²) in [6.07, 6.45) is 0.116. The molecule has 1 N–H and O–H groups in total. The van der Waals surface area contributed by atoms with Crippen LogP contribution in [-0.2, 0) is 14.8 Å². The van der Waals surface area contributed by atoms with Crippen LogP contribution in [0.3, 0.4) is 0 Å². The number of carboxylic acids is 1. The van der Waals surface area contributed by atoms with E-state index in [-0.39, 0.29) is 30.2 Å². The highest BCUT2D eigenvalue weighted by atomic mass is 35.5. The van der Waals surface area contributed by atoms with Gasteiger partial charge in [-0.25, -0.2) is 8.42 Å². The lowest BCUT2D eigenvalue weighted by Gasteiger charge is -2.27. The van der Waals surface area contributed by atoms with Gasteiger partial charge in [0.25, 0.3) is 10.0 Å². The molecular formula is C19H22ClNO4S. The van der Waals surface area contributed by atoms with Crippen molar-refractivity contribution in [2.75, 3.05) is 10.8 Å². The molecule has 0 bridgehead atoms. The molecule has 0 aliphatic rings. The van der Waals surface area contributed by atoms with Crippen LogP contribution < -0.4 is 4.31 Å². The second kappa shape index (κ2) is 8.56. The van der Waals surface area contributed by atoms with Crippen LogP contribution in [0.1, 0.15) is 38.2 Å². The SMILES string of the molecule is CC(C)c1ccccc1N(CCCC(=O)O)S(=O)(=O)c1ccc(Cl)cc1. The van der Waals surface area contributed by atoms with Gasteiger partial charge in [0.2, 0.25) is 0 Å². The fraction of sp³-hybridized carbons (Fsp3) is 0.316. The van der Waals surface area contributed by atoms with Gasteiger partial charge >= 0.3 is 5.97 Å². The van der Waals surface area contributed by atoms with Crippen LogP contribution in [0.25, 0.3) is 0 Å². The van der Waals surface area contributed by atoms with E-state index in [0.29, 0.717) is 10.7 Å². The number of carboxylic acid groups (broad SMARTS) is 1. The first kappa shape index (κ1) is 20.3. The molecular weight excluding hydrogens is 374 g/mol. The van der Waals surface area contributed by atoms with Gasteiger partial charge in [-0.1, -0.05) is 43.6 Å². The average Bonchev–Trinajstić information content (AvgIpc) is 2.58. The fourth-order valence-corrected chi connectivity index (χ4v) is 4.34. The molecule has 0 atom stereocenters. The maximum absolute atomic E-state index is 13.2. The predicted octanol–water partition coefficient (Wildman–Crippen LogP) is 4.52. The third-order valence-corrected chi connectivity index (χ3v) is 6.06. The van der Waals surface area contributed by atoms with Crippen molar-refractivity contribution in [2.24, 2.45) is 0 Å². The molecule has 0 amide bonds. The highest BCUT2D eigenvalue weighted by Crippen LogP contribution is 2.32. The monoisotopic (exact) mass is 395 g/mol. The number of benzene rings is 2. The molecule has 0 saturated carbocycles. The summed E-state index contributed by atoms with van der Waals surface area (Å²) >= 11 is 5.87. The molecule has 0 saturated heterocycles. The Morgan fingerprint density at radius 3 is 2.31 bits per heavy atom. The third-order valence-electron chi connectivity index (χ3n) is 3.98. The van der Waals surface area contributed by atoms with Gasteiger partial charge in [0, 0.05) is 18.0 Å². The van der Waals surface area contributed by atoms with Crippen molar-refractivity contribution in [3.8, 4) is 0 Å². The van der Waals surface area contributed by atoms with Gasteiger partial charge in [-0.2, -0.15) is 0 Å². The first-order valence-corrected chi connectivity index (χ1v) is 10.1. The molecule has 26 heavy (non-hydrogen) atoms. The Morgan fingerprint density at radius 2 is 1.73 bits per heavy atom. The number of rotatable bonds is 8. The number of para-hydroxylation sites is 1. The molecule has 0 aliphatic heterocycles. The lowest BCUT2D eigenvalue weighted by molar-refractivity contribution is -0.137. The molecule has 7 heteroatoms. The lowest BCUT2D eigenvalue weighted by atomic mass is 10.0. The van der Waals surface area contributed by atoms with Crippen LogP contribution in [0.15, 0.2) is 53.4 Å². The fourth-order valence-electron chi connectivity index (χ4n) is 2.68. The maximum atomic E-state index is 13.2. The molecule has 0 heterocycles. The van der Waals surface area contributed by atoms with E-state index in [9.17, 15) is 13.2 Å². The standard InChI is InChI=1S/C19H22ClNO4S/c1-14(2)17-6-3-4-7-18(17)21(13-5-8-19(22)23)26(24,25)16-11-9-15(20)10-12-16/h3-4,6-7,9-12,14H,5,8,13H2,1-2H3,(H,22,23). The molecule has 2 aromatic rings. The average molecular weight is 396 g/mol. The van der Waals surface area contributed by atoms with Crippen molar-refractivity contribution in [1.82, 2.24) is 0 Å². The van der Waals surface area contributed by atoms with E-state index in [1.807, 2.05) is 26.0 Å². The van der Waals surface area contributed by atoms with Gasteiger partial charge in [-0.05, 0) is 48.2 Å². The van der Waals surface area contributed by atoms with Gasteiger partial charge in [0.05, 0.1) is 10.6 Å². The molecule has 0 radical (unpaired) electrons. The Kier molecular flexibility index (Phi) is 6.67. The zero-order chi connectivity index (χ0) is 19.3. The van der Waals surface area contributed by atoms with Crippen LogP contribution in [0, 0.1) is 0 Å². The van der Waals surface area contributed by atoms with Crippen molar-refractivity contribution in [1.29, 1.82) is 0 Å². The van der Waals surface area contributed by atoms with Crippen molar-refractivity contribution in [3.05, 3.63) is 59.1 Å². The maximum Gasteiger partial charge on any atom is 0.303 e. The van der Waals surface area contributed by atoms with Crippen molar-refractivity contribution >= 4 is 33.3 Å². The topological polar surface area (TPSA) is 74.7 Å². The van der Waals surface area contributed by atoms with E-state index < -0.39 is 16.0 Å². The second-order valence-electron chi connectivity index (χ2n) is 6.24. The molecule has 0 fully saturated rings. The van der Waals surface area contributed by atoms with Crippen molar-refractivity contribution in [3.63, 3.8) is 0 Å². The Morgan fingerprint density at radius 1 is 1.12 bits per heavy atom. The Hall–Kier alpha value is -2.05. The summed E-state index contributed by atoms with van der Waals surface area (Å²) in [5.74, 6) is -0.834. The normalized spacial score (nSPS) is 11.5. The van der Waals surface area contributed by atoms with E-state index in [4.69, 9.17) is 16.7 Å². The molecule has 2 aromatic carbocycles. The van der Waals surface area contributed by atoms with E-state index in [0.717, 1.165) is 5.56 Å². The van der Waals surface area contributed by atoms with Crippen LogP contribution in [0.5, 0.6) is 0 Å². The zero-order valence-corrected chi connectivity index (χ0v) is 16.3.